The van der Waals surface area contributed by atoms with Gasteiger partial charge in [-0.05, 0) is 29.0 Å². The van der Waals surface area contributed by atoms with Gasteiger partial charge in [-0.1, -0.05) is 32.9 Å². The Balaban J connectivity index is 3.03. The molecular formula is C14H17NO. The van der Waals surface area contributed by atoms with Gasteiger partial charge in [0.1, 0.15) is 6.29 Å². The summed E-state index contributed by atoms with van der Waals surface area (Å²) in [7, 11) is 0. The third-order valence-corrected chi connectivity index (χ3v) is 2.82. The molecule has 16 heavy (non-hydrogen) atoms. The van der Waals surface area contributed by atoms with E-state index in [1.807, 2.05) is 12.1 Å². The molecule has 1 aromatic rings. The number of hydrogen-bond acceptors (Lipinski definition) is 2. The summed E-state index contributed by atoms with van der Waals surface area (Å²) in [6, 6.07) is 9.59. The predicted molar refractivity (Wildman–Crippen MR) is 64.0 cm³/mol. The first-order chi connectivity index (χ1) is 7.49. The minimum absolute atomic E-state index is 0.0507. The van der Waals surface area contributed by atoms with Crippen LogP contribution in [0.3, 0.4) is 0 Å². The maximum atomic E-state index is 10.7. The molecule has 0 unspecified atom stereocenters. The van der Waals surface area contributed by atoms with Crippen molar-refractivity contribution in [2.45, 2.75) is 33.1 Å². The van der Waals surface area contributed by atoms with Crippen LogP contribution in [0.1, 0.15) is 44.2 Å². The number of benzene rings is 1. The summed E-state index contributed by atoms with van der Waals surface area (Å²) in [6.45, 7) is 6.37. The van der Waals surface area contributed by atoms with Gasteiger partial charge in [0.25, 0.3) is 0 Å². The van der Waals surface area contributed by atoms with Crippen molar-refractivity contribution in [1.82, 2.24) is 0 Å². The summed E-state index contributed by atoms with van der Waals surface area (Å²) in [5, 5.41) is 8.72. The molecule has 0 fully saturated rings. The molecule has 0 saturated heterocycles. The molecule has 0 heterocycles. The fourth-order valence-electron chi connectivity index (χ4n) is 1.88. The first-order valence-corrected chi connectivity index (χ1v) is 5.42. The summed E-state index contributed by atoms with van der Waals surface area (Å²) >= 11 is 0. The Labute approximate surface area is 96.9 Å². The maximum Gasteiger partial charge on any atom is 0.120 e. The molecule has 0 aliphatic carbocycles. The number of aldehydes is 1. The highest BCUT2D eigenvalue weighted by Crippen LogP contribution is 2.36. The largest absolute Gasteiger partial charge is 0.303 e. The average Bonchev–Trinajstić information content (AvgIpc) is 2.25. The van der Waals surface area contributed by atoms with E-state index in [0.29, 0.717) is 12.0 Å². The van der Waals surface area contributed by atoms with Gasteiger partial charge < -0.3 is 4.79 Å². The van der Waals surface area contributed by atoms with E-state index in [-0.39, 0.29) is 11.3 Å². The highest BCUT2D eigenvalue weighted by Gasteiger charge is 2.25. The summed E-state index contributed by atoms with van der Waals surface area (Å²) in [6.07, 6.45) is 1.49. The average molecular weight is 215 g/mol. The lowest BCUT2D eigenvalue weighted by atomic mass is 9.75. The SMILES string of the molecule is CC(C)(C)[C@@H](CC=O)c1ccc(C#N)cc1. The van der Waals surface area contributed by atoms with Crippen LogP contribution in [0.4, 0.5) is 0 Å². The highest BCUT2D eigenvalue weighted by molar-refractivity contribution is 5.52. The Bertz CT molecular complexity index is 392. The second-order valence-corrected chi connectivity index (χ2v) is 5.05. The zero-order chi connectivity index (χ0) is 12.2. The number of rotatable bonds is 3. The Hall–Kier alpha value is -1.62. The Morgan fingerprint density at radius 3 is 2.25 bits per heavy atom. The standard InChI is InChI=1S/C14H17NO/c1-14(2,3)13(8-9-16)12-6-4-11(10-15)5-7-12/h4-7,9,13H,8H2,1-3H3/t13-/m0/s1. The van der Waals surface area contributed by atoms with E-state index >= 15 is 0 Å². The van der Waals surface area contributed by atoms with Gasteiger partial charge in [-0.3, -0.25) is 0 Å². The molecule has 1 rings (SSSR count). The molecule has 1 atom stereocenters. The minimum Gasteiger partial charge on any atom is -0.303 e. The van der Waals surface area contributed by atoms with E-state index in [1.54, 1.807) is 12.1 Å². The summed E-state index contributed by atoms with van der Waals surface area (Å²) in [5.41, 5.74) is 1.83. The normalized spacial score (nSPS) is 12.9. The lowest BCUT2D eigenvalue weighted by molar-refractivity contribution is -0.108. The third-order valence-electron chi connectivity index (χ3n) is 2.82. The lowest BCUT2D eigenvalue weighted by Gasteiger charge is -2.29. The lowest BCUT2D eigenvalue weighted by Crippen LogP contribution is -2.18. The van der Waals surface area contributed by atoms with Crippen LogP contribution in [0.5, 0.6) is 0 Å². The van der Waals surface area contributed by atoms with Crippen LogP contribution in [0.25, 0.3) is 0 Å². The van der Waals surface area contributed by atoms with Gasteiger partial charge >= 0.3 is 0 Å². The van der Waals surface area contributed by atoms with Gasteiger partial charge in [0.15, 0.2) is 0 Å². The number of carbonyl (C=O) groups excluding carboxylic acids is 1. The molecule has 0 aliphatic heterocycles. The zero-order valence-corrected chi connectivity index (χ0v) is 10.0. The summed E-state index contributed by atoms with van der Waals surface area (Å²) in [4.78, 5) is 10.7. The monoisotopic (exact) mass is 215 g/mol. The molecule has 2 heteroatoms. The topological polar surface area (TPSA) is 40.9 Å². The van der Waals surface area contributed by atoms with Crippen LogP contribution in [0.15, 0.2) is 24.3 Å². The molecule has 0 radical (unpaired) electrons. The first kappa shape index (κ1) is 12.4. The van der Waals surface area contributed by atoms with E-state index in [0.717, 1.165) is 11.8 Å². The molecule has 0 spiro atoms. The van der Waals surface area contributed by atoms with Gasteiger partial charge in [0, 0.05) is 6.42 Å². The van der Waals surface area contributed by atoms with Crippen molar-refractivity contribution < 1.29 is 4.79 Å². The number of nitriles is 1. The molecule has 0 bridgehead atoms. The van der Waals surface area contributed by atoms with Crippen LogP contribution in [0, 0.1) is 16.7 Å². The van der Waals surface area contributed by atoms with Gasteiger partial charge in [0.05, 0.1) is 11.6 Å². The van der Waals surface area contributed by atoms with Crippen molar-refractivity contribution in [1.29, 1.82) is 5.26 Å². The fraction of sp³-hybridized carbons (Fsp3) is 0.429. The summed E-state index contributed by atoms with van der Waals surface area (Å²) < 4.78 is 0. The molecule has 0 aromatic heterocycles. The van der Waals surface area contributed by atoms with Gasteiger partial charge in [0.2, 0.25) is 0 Å². The molecule has 0 aliphatic rings. The molecule has 0 saturated carbocycles. The molecule has 84 valence electrons. The van der Waals surface area contributed by atoms with Crippen molar-refractivity contribution in [3.8, 4) is 6.07 Å². The molecule has 0 N–H and O–H groups in total. The molecule has 2 nitrogen and oxygen atoms in total. The third kappa shape index (κ3) is 2.93. The van der Waals surface area contributed by atoms with E-state index in [9.17, 15) is 4.79 Å². The second kappa shape index (κ2) is 4.94. The van der Waals surface area contributed by atoms with E-state index < -0.39 is 0 Å². The van der Waals surface area contributed by atoms with Crippen LogP contribution in [-0.4, -0.2) is 6.29 Å². The Morgan fingerprint density at radius 1 is 1.31 bits per heavy atom. The Kier molecular flexibility index (Phi) is 3.84. The minimum atomic E-state index is 0.0507. The van der Waals surface area contributed by atoms with Crippen molar-refractivity contribution >= 4 is 6.29 Å². The Morgan fingerprint density at radius 2 is 1.88 bits per heavy atom. The predicted octanol–water partition coefficient (Wildman–Crippen LogP) is 3.28. The van der Waals surface area contributed by atoms with Crippen LogP contribution in [0.2, 0.25) is 0 Å². The second-order valence-electron chi connectivity index (χ2n) is 5.05. The van der Waals surface area contributed by atoms with Crippen LogP contribution < -0.4 is 0 Å². The van der Waals surface area contributed by atoms with Crippen molar-refractivity contribution in [3.63, 3.8) is 0 Å². The van der Waals surface area contributed by atoms with E-state index in [1.165, 1.54) is 0 Å². The quantitative estimate of drug-likeness (QED) is 0.726. The fourth-order valence-corrected chi connectivity index (χ4v) is 1.88. The first-order valence-electron chi connectivity index (χ1n) is 5.42. The smallest absolute Gasteiger partial charge is 0.120 e. The van der Waals surface area contributed by atoms with Crippen molar-refractivity contribution in [2.75, 3.05) is 0 Å². The van der Waals surface area contributed by atoms with Crippen molar-refractivity contribution in [3.05, 3.63) is 35.4 Å². The van der Waals surface area contributed by atoms with Gasteiger partial charge in [-0.25, -0.2) is 0 Å². The van der Waals surface area contributed by atoms with Crippen molar-refractivity contribution in [2.24, 2.45) is 5.41 Å². The van der Waals surface area contributed by atoms with E-state index in [2.05, 4.69) is 26.8 Å². The number of carbonyl (C=O) groups is 1. The molecule has 0 amide bonds. The van der Waals surface area contributed by atoms with Crippen LogP contribution >= 0.6 is 0 Å². The van der Waals surface area contributed by atoms with Gasteiger partial charge in [-0.2, -0.15) is 5.26 Å². The van der Waals surface area contributed by atoms with Crippen LogP contribution in [-0.2, 0) is 4.79 Å². The maximum absolute atomic E-state index is 10.7. The molecule has 1 aromatic carbocycles. The summed E-state index contributed by atoms with van der Waals surface area (Å²) in [5.74, 6) is 0.206. The van der Waals surface area contributed by atoms with E-state index in [4.69, 9.17) is 5.26 Å². The van der Waals surface area contributed by atoms with Gasteiger partial charge in [-0.15, -0.1) is 0 Å². The zero-order valence-electron chi connectivity index (χ0n) is 10.0. The highest BCUT2D eigenvalue weighted by atomic mass is 16.1. The molecular weight excluding hydrogens is 198 g/mol. The number of nitrogens with zero attached hydrogens (tertiary/aromatic N) is 1. The number of hydrogen-bond donors (Lipinski definition) is 0.